The van der Waals surface area contributed by atoms with E-state index in [4.69, 9.17) is 14.8 Å². The molecule has 0 aliphatic heterocycles. The fraction of sp³-hybridized carbons (Fsp3) is 0.188. The average molecular weight is 593 g/mol. The van der Waals surface area contributed by atoms with E-state index in [0.717, 1.165) is 0 Å². The van der Waals surface area contributed by atoms with Crippen molar-refractivity contribution in [3.8, 4) is 0 Å². The molecule has 42 heavy (non-hydrogen) atoms. The summed E-state index contributed by atoms with van der Waals surface area (Å²) in [6.07, 6.45) is -1.16. The molecule has 0 amide bonds. The summed E-state index contributed by atoms with van der Waals surface area (Å²) in [5.74, 6) is -3.50. The lowest BCUT2D eigenvalue weighted by atomic mass is 10.1. The van der Waals surface area contributed by atoms with Crippen LogP contribution in [0.15, 0.2) is 97.1 Å². The van der Waals surface area contributed by atoms with Crippen molar-refractivity contribution < 1.29 is 32.8 Å². The topological polar surface area (TPSA) is 153 Å². The second-order valence-corrected chi connectivity index (χ2v) is 11.0. The lowest BCUT2D eigenvalue weighted by molar-refractivity contribution is -0.143. The fourth-order valence-electron chi connectivity index (χ4n) is 3.62. The molecule has 4 rings (SSSR count). The summed E-state index contributed by atoms with van der Waals surface area (Å²) in [6.45, 7) is 8.45. The molecule has 222 valence electrons. The van der Waals surface area contributed by atoms with Crippen LogP contribution in [0.1, 0.15) is 28.7 Å². The molecule has 0 bridgehead atoms. The van der Waals surface area contributed by atoms with Gasteiger partial charge in [0.25, 0.3) is 10.1 Å². The number of hydrogen-bond donors (Lipinski definition) is 5. The first-order valence-corrected chi connectivity index (χ1v) is 14.5. The summed E-state index contributed by atoms with van der Waals surface area (Å²) in [6, 6.07) is 33.3. The second-order valence-electron chi connectivity index (χ2n) is 9.45. The molecule has 0 aliphatic carbocycles. The molecular weight excluding hydrogens is 556 g/mol. The van der Waals surface area contributed by atoms with E-state index in [1.807, 2.05) is 24.3 Å². The highest BCUT2D eigenvalue weighted by Gasteiger charge is 2.33. The molecule has 4 aromatic rings. The van der Waals surface area contributed by atoms with Gasteiger partial charge in [0.1, 0.15) is 0 Å². The number of anilines is 4. The lowest BCUT2D eigenvalue weighted by Crippen LogP contribution is -2.31. The van der Waals surface area contributed by atoms with Gasteiger partial charge in [-0.1, -0.05) is 72.8 Å². The van der Waals surface area contributed by atoms with Crippen LogP contribution in [0.4, 0.5) is 22.7 Å². The summed E-state index contributed by atoms with van der Waals surface area (Å²) in [5.41, 5.74) is 9.75. The van der Waals surface area contributed by atoms with Crippen LogP contribution in [0.3, 0.4) is 0 Å². The maximum Gasteiger partial charge on any atom is 0.325 e. The Kier molecular flexibility index (Phi) is 12.7. The molecule has 0 spiro atoms. The number of nitrogens with one attached hydrogen (secondary N) is 2. The first-order chi connectivity index (χ1) is 19.8. The van der Waals surface area contributed by atoms with Crippen LogP contribution in [0.2, 0.25) is 0 Å². The van der Waals surface area contributed by atoms with Gasteiger partial charge in [-0.15, -0.1) is 0 Å². The minimum atomic E-state index is -4.84. The van der Waals surface area contributed by atoms with E-state index in [-0.39, 0.29) is 0 Å². The summed E-state index contributed by atoms with van der Waals surface area (Å²) < 4.78 is 28.7. The highest BCUT2D eigenvalue weighted by atomic mass is 32.2. The van der Waals surface area contributed by atoms with Crippen molar-refractivity contribution >= 4 is 44.8 Å². The highest BCUT2D eigenvalue weighted by Crippen LogP contribution is 2.23. The van der Waals surface area contributed by atoms with Crippen molar-refractivity contribution in [3.63, 3.8) is 0 Å². The quantitative estimate of drug-likeness (QED) is 0.138. The van der Waals surface area contributed by atoms with Crippen LogP contribution in [-0.2, 0) is 19.7 Å². The molecule has 1 atom stereocenters. The van der Waals surface area contributed by atoms with Gasteiger partial charge in [0, 0.05) is 22.7 Å². The van der Waals surface area contributed by atoms with Gasteiger partial charge in [-0.25, -0.2) is 0 Å². The van der Waals surface area contributed by atoms with Gasteiger partial charge in [-0.2, -0.15) is 8.42 Å². The molecule has 5 N–H and O–H groups in total. The molecule has 1 unspecified atom stereocenters. The second kappa shape index (κ2) is 15.9. The summed E-state index contributed by atoms with van der Waals surface area (Å²) in [7, 11) is -4.84. The van der Waals surface area contributed by atoms with Crippen molar-refractivity contribution in [2.45, 2.75) is 39.4 Å². The number of carbonyl (C=O) groups is 2. The minimum absolute atomic E-state index is 1.16. The summed E-state index contributed by atoms with van der Waals surface area (Å²) >= 11 is 0. The Labute approximate surface area is 246 Å². The van der Waals surface area contributed by atoms with Gasteiger partial charge in [0.15, 0.2) is 5.25 Å². The number of aliphatic carboxylic acids is 2. The summed E-state index contributed by atoms with van der Waals surface area (Å²) in [5, 5.41) is 20.8. The molecule has 0 heterocycles. The zero-order valence-electron chi connectivity index (χ0n) is 23.9. The number of aryl methyl sites for hydroxylation is 4. The molecule has 0 saturated carbocycles. The Hall–Kier alpha value is -4.67. The SMILES string of the molecule is Cc1ccccc1Nc1ccccc1C.Cc1ccccc1Nc1ccccc1C.O=C(O)CC(C(=O)O)S(=O)(=O)O. The van der Waals surface area contributed by atoms with Gasteiger partial charge in [0.05, 0.1) is 6.42 Å². The van der Waals surface area contributed by atoms with E-state index in [2.05, 4.69) is 111 Å². The Morgan fingerprint density at radius 1 is 0.595 bits per heavy atom. The number of benzene rings is 4. The summed E-state index contributed by atoms with van der Waals surface area (Å²) in [4.78, 5) is 20.0. The molecule has 0 fully saturated rings. The van der Waals surface area contributed by atoms with Gasteiger partial charge in [0.2, 0.25) is 0 Å². The minimum Gasteiger partial charge on any atom is -0.481 e. The van der Waals surface area contributed by atoms with Gasteiger partial charge in [-0.05, 0) is 74.2 Å². The normalized spacial score (nSPS) is 11.1. The van der Waals surface area contributed by atoms with E-state index < -0.39 is 33.7 Å². The molecule has 0 aliphatic rings. The number of carboxylic acid groups (broad SMARTS) is 2. The smallest absolute Gasteiger partial charge is 0.325 e. The highest BCUT2D eigenvalue weighted by molar-refractivity contribution is 7.87. The van der Waals surface area contributed by atoms with E-state index in [1.54, 1.807) is 0 Å². The van der Waals surface area contributed by atoms with E-state index >= 15 is 0 Å². The van der Waals surface area contributed by atoms with Crippen molar-refractivity contribution in [2.75, 3.05) is 10.6 Å². The number of hydrogen-bond acceptors (Lipinski definition) is 6. The van der Waals surface area contributed by atoms with Crippen molar-refractivity contribution in [1.29, 1.82) is 0 Å². The van der Waals surface area contributed by atoms with Crippen LogP contribution in [0, 0.1) is 27.7 Å². The predicted octanol–water partition coefficient (Wildman–Crippen LogP) is 6.90. The van der Waals surface area contributed by atoms with E-state index in [1.165, 1.54) is 45.0 Å². The maximum absolute atomic E-state index is 10.2. The first-order valence-electron chi connectivity index (χ1n) is 13.0. The molecule has 10 heteroatoms. The van der Waals surface area contributed by atoms with Gasteiger partial charge in [-0.3, -0.25) is 14.1 Å². The molecule has 9 nitrogen and oxygen atoms in total. The van der Waals surface area contributed by atoms with Crippen LogP contribution in [0.5, 0.6) is 0 Å². The third-order valence-corrected chi connectivity index (χ3v) is 7.20. The number of para-hydroxylation sites is 4. The molecule has 4 aromatic carbocycles. The van der Waals surface area contributed by atoms with Crippen molar-refractivity contribution in [3.05, 3.63) is 119 Å². The largest absolute Gasteiger partial charge is 0.481 e. The van der Waals surface area contributed by atoms with Crippen LogP contribution < -0.4 is 10.6 Å². The third kappa shape index (κ3) is 11.1. The van der Waals surface area contributed by atoms with Gasteiger partial charge < -0.3 is 20.8 Å². The first kappa shape index (κ1) is 33.5. The third-order valence-electron chi connectivity index (χ3n) is 6.11. The van der Waals surface area contributed by atoms with E-state index in [9.17, 15) is 18.0 Å². The van der Waals surface area contributed by atoms with Crippen LogP contribution in [0.25, 0.3) is 0 Å². The van der Waals surface area contributed by atoms with Crippen LogP contribution >= 0.6 is 0 Å². The number of rotatable bonds is 8. The van der Waals surface area contributed by atoms with Crippen molar-refractivity contribution in [1.82, 2.24) is 0 Å². The Bertz CT molecular complexity index is 1430. The predicted molar refractivity (Wildman–Crippen MR) is 167 cm³/mol. The van der Waals surface area contributed by atoms with Crippen molar-refractivity contribution in [2.24, 2.45) is 0 Å². The Balaban J connectivity index is 0.000000222. The molecule has 0 aromatic heterocycles. The number of carboxylic acids is 2. The molecule has 0 radical (unpaired) electrons. The average Bonchev–Trinajstić information content (AvgIpc) is 2.92. The zero-order chi connectivity index (χ0) is 31.3. The lowest BCUT2D eigenvalue weighted by Gasteiger charge is -2.11. The Morgan fingerprint density at radius 3 is 1.02 bits per heavy atom. The van der Waals surface area contributed by atoms with E-state index in [0.29, 0.717) is 0 Å². The molecular formula is C32H36N2O7S. The maximum atomic E-state index is 10.2. The fourth-order valence-corrected chi connectivity index (χ4v) is 4.23. The standard InChI is InChI=1S/2C14H15N.C4H6O7S/c2*1-11-7-3-5-9-13(11)15-14-10-6-4-8-12(14)2;5-3(6)1-2(4(7)8)12(9,10)11/h2*3-10,15H,1-2H3;2H,1H2,(H,5,6)(H,7,8)(H,9,10,11). The van der Waals surface area contributed by atoms with Crippen LogP contribution in [-0.4, -0.2) is 40.4 Å². The van der Waals surface area contributed by atoms with Gasteiger partial charge >= 0.3 is 11.9 Å². The Morgan fingerprint density at radius 2 is 0.857 bits per heavy atom. The zero-order valence-corrected chi connectivity index (χ0v) is 24.7. The monoisotopic (exact) mass is 592 g/mol. The molecule has 0 saturated heterocycles.